The Bertz CT molecular complexity index is 1280. The van der Waals surface area contributed by atoms with Gasteiger partial charge in [-0.2, -0.15) is 0 Å². The smallest absolute Gasteiger partial charge is 0.246 e. The summed E-state index contributed by atoms with van der Waals surface area (Å²) in [4.78, 5) is 86.9. The van der Waals surface area contributed by atoms with Gasteiger partial charge in [0.1, 0.15) is 30.2 Å². The van der Waals surface area contributed by atoms with Crippen LogP contribution in [0.1, 0.15) is 72.8 Å². The number of nitrogens with one attached hydrogen (secondary N) is 3. The summed E-state index contributed by atoms with van der Waals surface area (Å²) in [5.74, 6) is -2.98. The predicted molar refractivity (Wildman–Crippen MR) is 179 cm³/mol. The number of carbonyl (C=O) groups excluding carboxylic acids is 6. The minimum atomic E-state index is -1.02. The van der Waals surface area contributed by atoms with E-state index in [0.717, 1.165) is 5.56 Å². The summed E-state index contributed by atoms with van der Waals surface area (Å²) in [5.41, 5.74) is 0.818. The molecule has 2 aliphatic rings. The second-order valence-corrected chi connectivity index (χ2v) is 14.0. The zero-order chi connectivity index (χ0) is 35.0. The van der Waals surface area contributed by atoms with Gasteiger partial charge in [0.05, 0.1) is 0 Å². The molecule has 2 aliphatic heterocycles. The van der Waals surface area contributed by atoms with Crippen molar-refractivity contribution >= 4 is 35.4 Å². The van der Waals surface area contributed by atoms with Crippen LogP contribution in [-0.2, 0) is 35.2 Å². The highest BCUT2D eigenvalue weighted by molar-refractivity contribution is 5.97. The first kappa shape index (κ1) is 37.5. The first-order chi connectivity index (χ1) is 22.1. The van der Waals surface area contributed by atoms with Gasteiger partial charge in [-0.3, -0.25) is 28.8 Å². The molecule has 260 valence electrons. The summed E-state index contributed by atoms with van der Waals surface area (Å²) in [7, 11) is 3.10. The van der Waals surface area contributed by atoms with Crippen LogP contribution in [0.5, 0.6) is 0 Å². The van der Waals surface area contributed by atoms with Crippen LogP contribution in [0.2, 0.25) is 0 Å². The van der Waals surface area contributed by atoms with Crippen LogP contribution in [0.4, 0.5) is 0 Å². The third kappa shape index (κ3) is 9.54. The molecule has 1 aromatic rings. The molecule has 0 saturated carbocycles. The van der Waals surface area contributed by atoms with Crippen molar-refractivity contribution in [3.8, 4) is 0 Å². The first-order valence-corrected chi connectivity index (χ1v) is 16.9. The largest absolute Gasteiger partial charge is 0.354 e. The zero-order valence-electron chi connectivity index (χ0n) is 29.2. The zero-order valence-corrected chi connectivity index (χ0v) is 29.2. The number of amides is 6. The third-order valence-electron chi connectivity index (χ3n) is 9.04. The minimum absolute atomic E-state index is 0.0143. The van der Waals surface area contributed by atoms with Crippen molar-refractivity contribution in [2.75, 3.05) is 27.2 Å². The SMILES string of the molecule is CC(C)C[C@@H]1NC(=O)CCNC(=O)[C@H](C(C)C)N(C)C(=O)[C@H](C(C)C)N(C)C(=O)[C@H](Cc2ccccc2)NC(=O)[C@@H]2CCCN2C1=O. The number of benzene rings is 1. The van der Waals surface area contributed by atoms with Crippen molar-refractivity contribution < 1.29 is 28.8 Å². The molecule has 0 unspecified atom stereocenters. The first-order valence-electron chi connectivity index (χ1n) is 16.9. The third-order valence-corrected chi connectivity index (χ3v) is 9.04. The van der Waals surface area contributed by atoms with Gasteiger partial charge in [-0.05, 0) is 42.6 Å². The topological polar surface area (TPSA) is 148 Å². The molecule has 0 aliphatic carbocycles. The van der Waals surface area contributed by atoms with Gasteiger partial charge in [0, 0.05) is 40.0 Å². The molecule has 3 rings (SSSR count). The Morgan fingerprint density at radius 3 is 1.96 bits per heavy atom. The van der Waals surface area contributed by atoms with Gasteiger partial charge in [0.25, 0.3) is 0 Å². The molecule has 1 aromatic carbocycles. The average molecular weight is 655 g/mol. The van der Waals surface area contributed by atoms with E-state index in [0.29, 0.717) is 25.8 Å². The lowest BCUT2D eigenvalue weighted by Crippen LogP contribution is -2.61. The second kappa shape index (κ2) is 16.7. The molecule has 0 radical (unpaired) electrons. The molecular weight excluding hydrogens is 600 g/mol. The molecule has 2 fully saturated rings. The summed E-state index contributed by atoms with van der Waals surface area (Å²) >= 11 is 0. The molecule has 3 N–H and O–H groups in total. The van der Waals surface area contributed by atoms with Gasteiger partial charge < -0.3 is 30.7 Å². The molecule has 2 heterocycles. The van der Waals surface area contributed by atoms with Gasteiger partial charge >= 0.3 is 0 Å². The van der Waals surface area contributed by atoms with Crippen molar-refractivity contribution in [3.63, 3.8) is 0 Å². The molecule has 6 amide bonds. The lowest BCUT2D eigenvalue weighted by molar-refractivity contribution is -0.151. The maximum Gasteiger partial charge on any atom is 0.246 e. The molecule has 0 spiro atoms. The number of fused-ring (bicyclic) bond motifs is 1. The van der Waals surface area contributed by atoms with E-state index >= 15 is 0 Å². The number of nitrogens with zero attached hydrogens (tertiary/aromatic N) is 3. The Labute approximate surface area is 279 Å². The summed E-state index contributed by atoms with van der Waals surface area (Å²) in [6, 6.07) is 4.82. The van der Waals surface area contributed by atoms with Crippen LogP contribution < -0.4 is 16.0 Å². The lowest BCUT2D eigenvalue weighted by Gasteiger charge is -2.38. The van der Waals surface area contributed by atoms with Crippen LogP contribution in [0.3, 0.4) is 0 Å². The van der Waals surface area contributed by atoms with E-state index in [1.807, 2.05) is 71.9 Å². The number of hydrogen-bond acceptors (Lipinski definition) is 6. The average Bonchev–Trinajstić information content (AvgIpc) is 3.49. The highest BCUT2D eigenvalue weighted by Gasteiger charge is 2.42. The quantitative estimate of drug-likeness (QED) is 0.426. The molecule has 0 aromatic heterocycles. The van der Waals surface area contributed by atoms with Crippen LogP contribution in [0.25, 0.3) is 0 Å². The molecule has 5 atom stereocenters. The summed E-state index contributed by atoms with van der Waals surface area (Å²) < 4.78 is 0. The number of hydrogen-bond donors (Lipinski definition) is 3. The molecule has 12 heteroatoms. The summed E-state index contributed by atoms with van der Waals surface area (Å²) in [5, 5.41) is 8.57. The molecule has 0 bridgehead atoms. The maximum absolute atomic E-state index is 14.3. The molecule has 47 heavy (non-hydrogen) atoms. The van der Waals surface area contributed by atoms with Gasteiger partial charge in [-0.1, -0.05) is 71.9 Å². The monoisotopic (exact) mass is 654 g/mol. The Balaban J connectivity index is 2.08. The Morgan fingerprint density at radius 1 is 0.745 bits per heavy atom. The van der Waals surface area contributed by atoms with Crippen molar-refractivity contribution in [1.29, 1.82) is 0 Å². The lowest BCUT2D eigenvalue weighted by atomic mass is 9.96. The fourth-order valence-electron chi connectivity index (χ4n) is 6.74. The van der Waals surface area contributed by atoms with Crippen LogP contribution in [0, 0.1) is 17.8 Å². The van der Waals surface area contributed by atoms with Gasteiger partial charge in [0.15, 0.2) is 0 Å². The van der Waals surface area contributed by atoms with Crippen molar-refractivity contribution in [2.45, 2.75) is 104 Å². The van der Waals surface area contributed by atoms with E-state index in [9.17, 15) is 28.8 Å². The highest BCUT2D eigenvalue weighted by Crippen LogP contribution is 2.23. The van der Waals surface area contributed by atoms with E-state index < -0.39 is 59.7 Å². The highest BCUT2D eigenvalue weighted by atomic mass is 16.2. The standard InChI is InChI=1S/C35H54N6O6/c1-21(2)19-25-34(46)41-18-12-15-27(41)31(43)38-26(20-24-13-10-9-11-14-24)33(45)40(8)30(23(5)6)35(47)39(7)29(22(3)4)32(44)36-17-16-28(42)37-25/h9-11,13-14,21-23,25-27,29-30H,12,15-20H2,1-8H3,(H,36,44)(H,37,42)(H,38,43)/t25-,26-,27-,29-,30-/m0/s1. The Hall–Kier alpha value is -3.96. The predicted octanol–water partition coefficient (Wildman–Crippen LogP) is 1.72. The fourth-order valence-corrected chi connectivity index (χ4v) is 6.74. The second-order valence-electron chi connectivity index (χ2n) is 14.0. The Morgan fingerprint density at radius 2 is 1.36 bits per heavy atom. The van der Waals surface area contributed by atoms with Gasteiger partial charge in [-0.15, -0.1) is 0 Å². The molecule has 2 saturated heterocycles. The van der Waals surface area contributed by atoms with Crippen molar-refractivity contribution in [2.24, 2.45) is 17.8 Å². The van der Waals surface area contributed by atoms with E-state index in [1.165, 1.54) is 14.7 Å². The molecular formula is C35H54N6O6. The van der Waals surface area contributed by atoms with Crippen molar-refractivity contribution in [3.05, 3.63) is 35.9 Å². The van der Waals surface area contributed by atoms with Crippen LogP contribution >= 0.6 is 0 Å². The van der Waals surface area contributed by atoms with E-state index in [-0.39, 0.29) is 43.0 Å². The van der Waals surface area contributed by atoms with Gasteiger partial charge in [-0.25, -0.2) is 0 Å². The molecule has 12 nitrogen and oxygen atoms in total. The summed E-state index contributed by atoms with van der Waals surface area (Å²) in [6.07, 6.45) is 1.51. The van der Waals surface area contributed by atoms with Crippen LogP contribution in [-0.4, -0.2) is 108 Å². The van der Waals surface area contributed by atoms with Gasteiger partial charge in [0.2, 0.25) is 35.4 Å². The number of rotatable bonds is 6. The maximum atomic E-state index is 14.3. The minimum Gasteiger partial charge on any atom is -0.354 e. The van der Waals surface area contributed by atoms with Crippen molar-refractivity contribution in [1.82, 2.24) is 30.7 Å². The van der Waals surface area contributed by atoms with E-state index in [1.54, 1.807) is 14.1 Å². The normalized spacial score (nSPS) is 26.2. The number of likely N-dealkylation sites (N-methyl/N-ethyl adjacent to an activating group) is 2. The summed E-state index contributed by atoms with van der Waals surface area (Å²) in [6.45, 7) is 11.6. The van der Waals surface area contributed by atoms with E-state index in [2.05, 4.69) is 16.0 Å². The number of carbonyl (C=O) groups is 6. The fraction of sp³-hybridized carbons (Fsp3) is 0.657. The Kier molecular flexibility index (Phi) is 13.4. The van der Waals surface area contributed by atoms with Crippen LogP contribution in [0.15, 0.2) is 30.3 Å². The van der Waals surface area contributed by atoms with E-state index in [4.69, 9.17) is 0 Å².